The summed E-state index contributed by atoms with van der Waals surface area (Å²) < 4.78 is 0. The van der Waals surface area contributed by atoms with Crippen molar-refractivity contribution in [1.82, 2.24) is 9.97 Å². The number of fused-ring (bicyclic) bond motifs is 3. The molecule has 0 bridgehead atoms. The first-order valence-electron chi connectivity index (χ1n) is 9.16. The predicted molar refractivity (Wildman–Crippen MR) is 113 cm³/mol. The number of anilines is 1. The van der Waals surface area contributed by atoms with Crippen molar-refractivity contribution in [2.24, 2.45) is 16.4 Å². The molecule has 1 atom stereocenters. The Kier molecular flexibility index (Phi) is 4.80. The number of nitrogens with one attached hydrogen (secondary N) is 1. The van der Waals surface area contributed by atoms with Crippen LogP contribution in [0.4, 0.5) is 5.82 Å². The molecule has 0 aromatic carbocycles. The zero-order chi connectivity index (χ0) is 18.1. The average molecular weight is 385 g/mol. The minimum Gasteiger partial charge on any atom is -0.261 e. The Hall–Kier alpha value is -1.79. The van der Waals surface area contributed by atoms with Crippen molar-refractivity contribution in [2.45, 2.75) is 46.5 Å². The van der Waals surface area contributed by atoms with Gasteiger partial charge < -0.3 is 0 Å². The van der Waals surface area contributed by atoms with Crippen molar-refractivity contribution in [3.05, 3.63) is 39.2 Å². The maximum atomic E-state index is 4.53. The van der Waals surface area contributed by atoms with Gasteiger partial charge in [0.2, 0.25) is 0 Å². The number of thiophene rings is 2. The molecule has 3 aromatic heterocycles. The minimum absolute atomic E-state index is 0.368. The fraction of sp³-hybridized carbons (Fsp3) is 0.450. The molecule has 4 nitrogen and oxygen atoms in total. The highest BCUT2D eigenvalue weighted by atomic mass is 32.1. The van der Waals surface area contributed by atoms with Crippen LogP contribution >= 0.6 is 22.7 Å². The number of hydrogen-bond donors (Lipinski definition) is 1. The van der Waals surface area contributed by atoms with Crippen molar-refractivity contribution >= 4 is 44.9 Å². The van der Waals surface area contributed by atoms with Gasteiger partial charge in [0.1, 0.15) is 11.2 Å². The number of rotatable bonds is 5. The number of nitrogens with zero attached hydrogens (tertiary/aromatic N) is 3. The SMILES string of the molecule is CCC(C)(C)C1CCc2sc3ncnc(NN=Cc4cccs4)c3c2C1. The largest absolute Gasteiger partial charge is 0.261 e. The summed E-state index contributed by atoms with van der Waals surface area (Å²) in [5.74, 6) is 1.54. The molecule has 1 N–H and O–H groups in total. The van der Waals surface area contributed by atoms with Gasteiger partial charge >= 0.3 is 0 Å². The number of hydrazone groups is 1. The van der Waals surface area contributed by atoms with Crippen LogP contribution in [0.3, 0.4) is 0 Å². The predicted octanol–water partition coefficient (Wildman–Crippen LogP) is 5.74. The van der Waals surface area contributed by atoms with E-state index in [0.717, 1.165) is 28.4 Å². The molecule has 26 heavy (non-hydrogen) atoms. The molecule has 6 heteroatoms. The van der Waals surface area contributed by atoms with Crippen molar-refractivity contribution in [3.8, 4) is 0 Å². The van der Waals surface area contributed by atoms with Crippen LogP contribution in [-0.4, -0.2) is 16.2 Å². The molecule has 0 saturated carbocycles. The smallest absolute Gasteiger partial charge is 0.158 e. The first-order valence-corrected chi connectivity index (χ1v) is 10.9. The van der Waals surface area contributed by atoms with E-state index < -0.39 is 0 Å². The van der Waals surface area contributed by atoms with Crippen LogP contribution in [0.1, 0.15) is 48.9 Å². The van der Waals surface area contributed by atoms with Crippen molar-refractivity contribution < 1.29 is 0 Å². The molecule has 4 rings (SSSR count). The quantitative estimate of drug-likeness (QED) is 0.451. The zero-order valence-electron chi connectivity index (χ0n) is 15.5. The third kappa shape index (κ3) is 3.28. The van der Waals surface area contributed by atoms with E-state index in [0.29, 0.717) is 11.3 Å². The summed E-state index contributed by atoms with van der Waals surface area (Å²) in [4.78, 5) is 12.7. The standard InChI is InChI=1S/C20H24N4S2/c1-4-20(2,3)13-7-8-16-15(10-13)17-18(21-12-22-19(17)26-16)24-23-11-14-6-5-9-25-14/h5-6,9,11-13H,4,7-8,10H2,1-3H3,(H,21,22,24). The average Bonchev–Trinajstić information content (AvgIpc) is 3.28. The van der Waals surface area contributed by atoms with E-state index in [1.807, 2.05) is 23.6 Å². The second-order valence-corrected chi connectivity index (χ2v) is 9.64. The molecule has 0 saturated heterocycles. The van der Waals surface area contributed by atoms with Crippen LogP contribution in [0.25, 0.3) is 10.2 Å². The van der Waals surface area contributed by atoms with Gasteiger partial charge in [0, 0.05) is 9.75 Å². The van der Waals surface area contributed by atoms with Gasteiger partial charge in [-0.3, -0.25) is 5.43 Å². The molecule has 3 aromatic rings. The maximum absolute atomic E-state index is 4.53. The van der Waals surface area contributed by atoms with E-state index >= 15 is 0 Å². The Morgan fingerprint density at radius 2 is 2.27 bits per heavy atom. The Labute approximate surface area is 162 Å². The summed E-state index contributed by atoms with van der Waals surface area (Å²) in [6.45, 7) is 7.10. The molecule has 3 heterocycles. The van der Waals surface area contributed by atoms with Gasteiger partial charge in [-0.05, 0) is 47.6 Å². The van der Waals surface area contributed by atoms with Crippen molar-refractivity contribution in [2.75, 3.05) is 5.43 Å². The molecule has 0 aliphatic heterocycles. The summed E-state index contributed by atoms with van der Waals surface area (Å²) in [7, 11) is 0. The van der Waals surface area contributed by atoms with E-state index in [-0.39, 0.29) is 0 Å². The third-order valence-corrected chi connectivity index (χ3v) is 7.77. The molecule has 0 radical (unpaired) electrons. The maximum Gasteiger partial charge on any atom is 0.158 e. The van der Waals surface area contributed by atoms with Gasteiger partial charge in [-0.25, -0.2) is 9.97 Å². The lowest BCUT2D eigenvalue weighted by Crippen LogP contribution is -2.28. The van der Waals surface area contributed by atoms with E-state index in [9.17, 15) is 0 Å². The Morgan fingerprint density at radius 3 is 3.04 bits per heavy atom. The van der Waals surface area contributed by atoms with Crippen LogP contribution in [0, 0.1) is 11.3 Å². The number of hydrogen-bond acceptors (Lipinski definition) is 6. The van der Waals surface area contributed by atoms with Gasteiger partial charge in [0.15, 0.2) is 5.82 Å². The van der Waals surface area contributed by atoms with Crippen LogP contribution in [-0.2, 0) is 12.8 Å². The lowest BCUT2D eigenvalue weighted by Gasteiger charge is -2.36. The molecule has 0 spiro atoms. The lowest BCUT2D eigenvalue weighted by atomic mass is 9.69. The normalized spacial score (nSPS) is 17.7. The molecule has 1 aliphatic rings. The molecular formula is C20H24N4S2. The summed E-state index contributed by atoms with van der Waals surface area (Å²) in [6.07, 6.45) is 8.24. The van der Waals surface area contributed by atoms with Crippen molar-refractivity contribution in [1.29, 1.82) is 0 Å². The number of aryl methyl sites for hydroxylation is 1. The highest BCUT2D eigenvalue weighted by molar-refractivity contribution is 7.19. The first kappa shape index (κ1) is 17.6. The van der Waals surface area contributed by atoms with Gasteiger partial charge in [0.05, 0.1) is 11.6 Å². The van der Waals surface area contributed by atoms with E-state index in [2.05, 4.69) is 52.7 Å². The first-order chi connectivity index (χ1) is 12.6. The molecule has 0 fully saturated rings. The van der Waals surface area contributed by atoms with Crippen molar-refractivity contribution in [3.63, 3.8) is 0 Å². The van der Waals surface area contributed by atoms with E-state index in [1.165, 1.54) is 28.7 Å². The van der Waals surface area contributed by atoms with Crippen LogP contribution in [0.5, 0.6) is 0 Å². The minimum atomic E-state index is 0.368. The van der Waals surface area contributed by atoms with E-state index in [1.54, 1.807) is 17.7 Å². The Bertz CT molecular complexity index is 925. The van der Waals surface area contributed by atoms with Gasteiger partial charge in [0.25, 0.3) is 0 Å². The second-order valence-electron chi connectivity index (χ2n) is 7.57. The van der Waals surface area contributed by atoms with Gasteiger partial charge in [-0.15, -0.1) is 22.7 Å². The third-order valence-electron chi connectivity index (χ3n) is 5.76. The highest BCUT2D eigenvalue weighted by Crippen LogP contribution is 2.45. The Morgan fingerprint density at radius 1 is 1.38 bits per heavy atom. The molecule has 136 valence electrons. The van der Waals surface area contributed by atoms with Gasteiger partial charge in [-0.1, -0.05) is 33.3 Å². The molecule has 1 aliphatic carbocycles. The lowest BCUT2D eigenvalue weighted by molar-refractivity contribution is 0.184. The fourth-order valence-electron chi connectivity index (χ4n) is 3.67. The molecule has 0 amide bonds. The fourth-order valence-corrected chi connectivity index (χ4v) is 5.44. The highest BCUT2D eigenvalue weighted by Gasteiger charge is 2.33. The van der Waals surface area contributed by atoms with Crippen LogP contribution in [0.2, 0.25) is 0 Å². The molecular weight excluding hydrogens is 360 g/mol. The molecule has 1 unspecified atom stereocenters. The second kappa shape index (κ2) is 7.08. The monoisotopic (exact) mass is 384 g/mol. The number of aromatic nitrogens is 2. The zero-order valence-corrected chi connectivity index (χ0v) is 17.1. The summed E-state index contributed by atoms with van der Waals surface area (Å²) in [5, 5.41) is 7.62. The van der Waals surface area contributed by atoms with Crippen LogP contribution in [0.15, 0.2) is 28.9 Å². The topological polar surface area (TPSA) is 50.2 Å². The summed E-state index contributed by atoms with van der Waals surface area (Å²) in [6, 6.07) is 4.08. The Balaban J connectivity index is 1.67. The van der Waals surface area contributed by atoms with Crippen LogP contribution < -0.4 is 5.43 Å². The van der Waals surface area contributed by atoms with E-state index in [4.69, 9.17) is 0 Å². The summed E-state index contributed by atoms with van der Waals surface area (Å²) >= 11 is 3.50. The van der Waals surface area contributed by atoms with Gasteiger partial charge in [-0.2, -0.15) is 5.10 Å². The summed E-state index contributed by atoms with van der Waals surface area (Å²) in [5.41, 5.74) is 4.97.